The highest BCUT2D eigenvalue weighted by Gasteiger charge is 2.69. The lowest BCUT2D eigenvalue weighted by Gasteiger charge is -2.70. The van der Waals surface area contributed by atoms with Crippen LogP contribution >= 0.6 is 0 Å². The minimum Gasteiger partial charge on any atom is -0.481 e. The van der Waals surface area contributed by atoms with Gasteiger partial charge in [-0.1, -0.05) is 53.2 Å². The van der Waals surface area contributed by atoms with Crippen LogP contribution in [0.5, 0.6) is 0 Å². The number of rotatable bonds is 2. The summed E-state index contributed by atoms with van der Waals surface area (Å²) in [5.41, 5.74) is 0.446. The molecule has 4 heteroatoms. The number of aldehydes is 1. The van der Waals surface area contributed by atoms with Crippen molar-refractivity contribution in [3.05, 3.63) is 11.6 Å². The minimum absolute atomic E-state index is 0.00538. The first-order valence-corrected chi connectivity index (χ1v) is 13.8. The van der Waals surface area contributed by atoms with Gasteiger partial charge in [-0.25, -0.2) is 0 Å². The van der Waals surface area contributed by atoms with Crippen LogP contribution in [0.25, 0.3) is 0 Å². The first-order valence-electron chi connectivity index (χ1n) is 13.8. The summed E-state index contributed by atoms with van der Waals surface area (Å²) in [6.07, 6.45) is 12.1. The number of aliphatic hydroxyl groups excluding tert-OH is 1. The molecule has 0 unspecified atom stereocenters. The summed E-state index contributed by atoms with van der Waals surface area (Å²) in [6.45, 7) is 14.0. The second-order valence-electron chi connectivity index (χ2n) is 14.7. The van der Waals surface area contributed by atoms with Crippen LogP contribution in [0.1, 0.15) is 106 Å². The van der Waals surface area contributed by atoms with Crippen LogP contribution in [0.2, 0.25) is 0 Å². The summed E-state index contributed by atoms with van der Waals surface area (Å²) in [5.74, 6) is 0.201. The Kier molecular flexibility index (Phi) is 5.20. The number of fused-ring (bicyclic) bond motifs is 7. The minimum atomic E-state index is -0.669. The average Bonchev–Trinajstić information content (AvgIpc) is 2.76. The Bertz CT molecular complexity index is 936. The predicted octanol–water partition coefficient (Wildman–Crippen LogP) is 6.41. The third kappa shape index (κ3) is 2.81. The van der Waals surface area contributed by atoms with E-state index < -0.39 is 22.9 Å². The summed E-state index contributed by atoms with van der Waals surface area (Å²) in [7, 11) is 0. The number of carboxylic acid groups (broad SMARTS) is 1. The van der Waals surface area contributed by atoms with Crippen LogP contribution in [0.15, 0.2) is 11.6 Å². The maximum atomic E-state index is 12.8. The molecule has 2 N–H and O–H groups in total. The van der Waals surface area contributed by atoms with Gasteiger partial charge in [-0.3, -0.25) is 4.79 Å². The van der Waals surface area contributed by atoms with E-state index in [1.807, 2.05) is 6.92 Å². The third-order valence-electron chi connectivity index (χ3n) is 13.0. The van der Waals surface area contributed by atoms with Crippen molar-refractivity contribution in [3.8, 4) is 0 Å². The molecule has 5 aliphatic carbocycles. The molecule has 4 fully saturated rings. The van der Waals surface area contributed by atoms with Gasteiger partial charge in [-0.2, -0.15) is 0 Å². The van der Waals surface area contributed by atoms with Crippen molar-refractivity contribution < 1.29 is 19.8 Å². The Balaban J connectivity index is 1.60. The van der Waals surface area contributed by atoms with Crippen LogP contribution in [0.4, 0.5) is 0 Å². The van der Waals surface area contributed by atoms with Gasteiger partial charge < -0.3 is 15.0 Å². The fourth-order valence-electron chi connectivity index (χ4n) is 10.5. The predicted molar refractivity (Wildman–Crippen MR) is 133 cm³/mol. The molecule has 0 aliphatic heterocycles. The number of allylic oxidation sites excluding steroid dienone is 2. The molecule has 34 heavy (non-hydrogen) atoms. The van der Waals surface area contributed by atoms with E-state index in [4.69, 9.17) is 0 Å². The van der Waals surface area contributed by atoms with Crippen molar-refractivity contribution in [1.29, 1.82) is 0 Å². The number of carboxylic acids is 1. The van der Waals surface area contributed by atoms with E-state index in [1.54, 1.807) is 0 Å². The maximum Gasteiger partial charge on any atom is 0.310 e. The molecule has 190 valence electrons. The lowest BCUT2D eigenvalue weighted by atomic mass is 9.33. The maximum absolute atomic E-state index is 12.8. The fourth-order valence-corrected chi connectivity index (χ4v) is 10.5. The molecule has 0 aromatic rings. The third-order valence-corrected chi connectivity index (χ3v) is 13.0. The Morgan fingerprint density at radius 3 is 2.26 bits per heavy atom. The Hall–Kier alpha value is -1.16. The number of carbonyl (C=O) groups excluding carboxylic acids is 1. The van der Waals surface area contributed by atoms with Crippen molar-refractivity contribution in [2.45, 2.75) is 112 Å². The second-order valence-corrected chi connectivity index (χ2v) is 14.7. The van der Waals surface area contributed by atoms with E-state index in [1.165, 1.54) is 5.57 Å². The van der Waals surface area contributed by atoms with Gasteiger partial charge in [0.1, 0.15) is 6.29 Å². The lowest BCUT2D eigenvalue weighted by molar-refractivity contribution is -0.204. The van der Waals surface area contributed by atoms with Gasteiger partial charge in [0.25, 0.3) is 0 Å². The Morgan fingerprint density at radius 2 is 1.62 bits per heavy atom. The highest BCUT2D eigenvalue weighted by atomic mass is 16.4. The molecule has 0 aromatic carbocycles. The van der Waals surface area contributed by atoms with E-state index in [0.29, 0.717) is 12.3 Å². The zero-order valence-electron chi connectivity index (χ0n) is 22.2. The molecule has 0 radical (unpaired) electrons. The molecule has 0 bridgehead atoms. The molecule has 5 rings (SSSR count). The van der Waals surface area contributed by atoms with Gasteiger partial charge in [0.2, 0.25) is 0 Å². The summed E-state index contributed by atoms with van der Waals surface area (Å²) in [6, 6.07) is 0. The lowest BCUT2D eigenvalue weighted by Crippen LogP contribution is -2.65. The zero-order chi connectivity index (χ0) is 24.9. The van der Waals surface area contributed by atoms with E-state index in [-0.39, 0.29) is 33.5 Å². The van der Waals surface area contributed by atoms with Crippen LogP contribution < -0.4 is 0 Å². The molecular formula is C30H46O4. The van der Waals surface area contributed by atoms with Crippen LogP contribution in [0.3, 0.4) is 0 Å². The normalized spacial score (nSPS) is 53.9. The first-order chi connectivity index (χ1) is 15.7. The van der Waals surface area contributed by atoms with Gasteiger partial charge in [0.05, 0.1) is 16.9 Å². The molecule has 9 atom stereocenters. The van der Waals surface area contributed by atoms with Gasteiger partial charge in [-0.05, 0) is 104 Å². The molecule has 0 aromatic heterocycles. The molecule has 4 nitrogen and oxygen atoms in total. The zero-order valence-corrected chi connectivity index (χ0v) is 22.2. The fraction of sp³-hybridized carbons (Fsp3) is 0.867. The van der Waals surface area contributed by atoms with Gasteiger partial charge >= 0.3 is 5.97 Å². The highest BCUT2D eigenvalue weighted by Crippen LogP contribution is 2.75. The van der Waals surface area contributed by atoms with Crippen LogP contribution in [-0.4, -0.2) is 28.6 Å². The molecular weight excluding hydrogens is 424 g/mol. The smallest absolute Gasteiger partial charge is 0.310 e. The Labute approximate surface area is 206 Å². The molecule has 0 saturated heterocycles. The Morgan fingerprint density at radius 1 is 0.941 bits per heavy atom. The number of hydrogen-bond acceptors (Lipinski definition) is 3. The molecule has 5 aliphatic rings. The van der Waals surface area contributed by atoms with Crippen LogP contribution in [0, 0.1) is 50.2 Å². The number of aliphatic carboxylic acids is 1. The first kappa shape index (κ1) is 24.5. The molecule has 0 amide bonds. The van der Waals surface area contributed by atoms with Gasteiger partial charge in [-0.15, -0.1) is 0 Å². The van der Waals surface area contributed by atoms with E-state index in [9.17, 15) is 19.8 Å². The molecule has 0 heterocycles. The number of aliphatic hydroxyl groups is 1. The van der Waals surface area contributed by atoms with Crippen molar-refractivity contribution in [2.75, 3.05) is 0 Å². The van der Waals surface area contributed by atoms with Crippen molar-refractivity contribution >= 4 is 12.3 Å². The summed E-state index contributed by atoms with van der Waals surface area (Å²) < 4.78 is 0. The van der Waals surface area contributed by atoms with Gasteiger partial charge in [0.15, 0.2) is 0 Å². The summed E-state index contributed by atoms with van der Waals surface area (Å²) in [5, 5.41) is 21.3. The largest absolute Gasteiger partial charge is 0.481 e. The van der Waals surface area contributed by atoms with Crippen molar-refractivity contribution in [1.82, 2.24) is 0 Å². The number of carbonyl (C=O) groups is 2. The topological polar surface area (TPSA) is 74.6 Å². The monoisotopic (exact) mass is 470 g/mol. The SMILES string of the molecule is CC1(C)CC[C@]2(C(=O)O)CC[C@]3(C)C(=CC[C@H]4[C@@]5(C)CC[C@H](O)[C@@](C)(C=O)[C@H]5CC[C@]43C)[C@@H]2C1. The van der Waals surface area contributed by atoms with E-state index in [2.05, 4.69) is 40.7 Å². The van der Waals surface area contributed by atoms with E-state index >= 15 is 0 Å². The number of hydrogen-bond donors (Lipinski definition) is 2. The van der Waals surface area contributed by atoms with Crippen molar-refractivity contribution in [2.24, 2.45) is 50.2 Å². The summed E-state index contributed by atoms with van der Waals surface area (Å²) in [4.78, 5) is 25.1. The van der Waals surface area contributed by atoms with E-state index in [0.717, 1.165) is 64.1 Å². The second kappa shape index (κ2) is 7.20. The average molecular weight is 471 g/mol. The van der Waals surface area contributed by atoms with Crippen molar-refractivity contribution in [3.63, 3.8) is 0 Å². The standard InChI is InChI=1S/C30H46O4/c1-25(2)13-15-30(24(33)34)16-14-28(5)19(20(30)17-25)7-8-22-26(3)11-10-23(32)27(4,18-31)21(26)9-12-29(22,28)6/h7,18,20-23,32H,8-17H2,1-6H3,(H,33,34)/t20-,21-,22-,23-,26-,27-,28+,29+,30-/m0/s1. The molecule has 4 saturated carbocycles. The molecule has 0 spiro atoms. The highest BCUT2D eigenvalue weighted by molar-refractivity contribution is 5.76. The van der Waals surface area contributed by atoms with Crippen LogP contribution in [-0.2, 0) is 9.59 Å². The summed E-state index contributed by atoms with van der Waals surface area (Å²) >= 11 is 0. The quantitative estimate of drug-likeness (QED) is 0.361. The van der Waals surface area contributed by atoms with Gasteiger partial charge in [0, 0.05) is 0 Å².